The van der Waals surface area contributed by atoms with E-state index in [0.29, 0.717) is 13.0 Å². The molecule has 0 aromatic heterocycles. The van der Waals surface area contributed by atoms with Crippen molar-refractivity contribution >= 4 is 17.3 Å². The number of para-hydroxylation sites is 2. The van der Waals surface area contributed by atoms with Gasteiger partial charge in [-0.3, -0.25) is 4.79 Å². The molecular weight excluding hydrogens is 296 g/mol. The number of hydrogen-bond donors (Lipinski definition) is 1. The summed E-state index contributed by atoms with van der Waals surface area (Å²) in [6.07, 6.45) is 3.50. The number of nitrogens with zero attached hydrogens (tertiary/aromatic N) is 1. The summed E-state index contributed by atoms with van der Waals surface area (Å²) in [5.74, 6) is 0.208. The SMILES string of the molecule is CCc1cccc(CC)c1NCCC(=O)N1CCc2ccccc21. The van der Waals surface area contributed by atoms with Gasteiger partial charge in [0.05, 0.1) is 0 Å². The molecule has 2 aromatic rings. The lowest BCUT2D eigenvalue weighted by Gasteiger charge is -2.19. The number of carbonyl (C=O) groups is 1. The van der Waals surface area contributed by atoms with Crippen molar-refractivity contribution in [2.45, 2.75) is 39.5 Å². The van der Waals surface area contributed by atoms with Crippen LogP contribution in [0.2, 0.25) is 0 Å². The number of anilines is 2. The highest BCUT2D eigenvalue weighted by molar-refractivity contribution is 5.95. The van der Waals surface area contributed by atoms with Crippen LogP contribution in [-0.2, 0) is 24.1 Å². The van der Waals surface area contributed by atoms with Gasteiger partial charge in [-0.1, -0.05) is 50.2 Å². The van der Waals surface area contributed by atoms with Crippen molar-refractivity contribution in [1.82, 2.24) is 0 Å². The van der Waals surface area contributed by atoms with Crippen molar-refractivity contribution in [1.29, 1.82) is 0 Å². The van der Waals surface area contributed by atoms with Crippen molar-refractivity contribution in [2.24, 2.45) is 0 Å². The highest BCUT2D eigenvalue weighted by atomic mass is 16.2. The van der Waals surface area contributed by atoms with Crippen molar-refractivity contribution in [2.75, 3.05) is 23.3 Å². The van der Waals surface area contributed by atoms with Crippen LogP contribution >= 0.6 is 0 Å². The maximum atomic E-state index is 12.6. The van der Waals surface area contributed by atoms with Gasteiger partial charge in [0, 0.05) is 30.9 Å². The van der Waals surface area contributed by atoms with Gasteiger partial charge in [0.25, 0.3) is 0 Å². The Morgan fingerprint density at radius 2 is 1.75 bits per heavy atom. The third-order valence-corrected chi connectivity index (χ3v) is 4.83. The maximum Gasteiger partial charge on any atom is 0.228 e. The predicted molar refractivity (Wildman–Crippen MR) is 101 cm³/mol. The molecule has 1 N–H and O–H groups in total. The molecule has 3 rings (SSSR count). The summed E-state index contributed by atoms with van der Waals surface area (Å²) in [5, 5.41) is 3.51. The minimum Gasteiger partial charge on any atom is -0.384 e. The molecule has 0 saturated heterocycles. The van der Waals surface area contributed by atoms with Gasteiger partial charge in [-0.05, 0) is 42.0 Å². The minimum atomic E-state index is 0.208. The zero-order chi connectivity index (χ0) is 16.9. The Morgan fingerprint density at radius 1 is 1.04 bits per heavy atom. The topological polar surface area (TPSA) is 32.3 Å². The predicted octanol–water partition coefficient (Wildman–Crippen LogP) is 4.20. The number of aryl methyl sites for hydroxylation is 2. The van der Waals surface area contributed by atoms with E-state index in [1.54, 1.807) is 0 Å². The second-order valence-corrected chi connectivity index (χ2v) is 6.26. The standard InChI is InChI=1S/C21H26N2O/c1-3-16-9-7-10-17(4-2)21(16)22-14-12-20(24)23-15-13-18-8-5-6-11-19(18)23/h5-11,22H,3-4,12-15H2,1-2H3. The number of amides is 1. The number of nitrogens with one attached hydrogen (secondary N) is 1. The fourth-order valence-electron chi connectivity index (χ4n) is 3.50. The van der Waals surface area contributed by atoms with E-state index in [2.05, 4.69) is 49.5 Å². The Morgan fingerprint density at radius 3 is 2.46 bits per heavy atom. The highest BCUT2D eigenvalue weighted by Crippen LogP contribution is 2.28. The van der Waals surface area contributed by atoms with Crippen LogP contribution in [0.4, 0.5) is 11.4 Å². The largest absolute Gasteiger partial charge is 0.384 e. The van der Waals surface area contributed by atoms with Crippen LogP contribution in [0.3, 0.4) is 0 Å². The summed E-state index contributed by atoms with van der Waals surface area (Å²) >= 11 is 0. The first-order valence-electron chi connectivity index (χ1n) is 8.97. The molecule has 24 heavy (non-hydrogen) atoms. The lowest BCUT2D eigenvalue weighted by Crippen LogP contribution is -2.30. The zero-order valence-corrected chi connectivity index (χ0v) is 14.6. The van der Waals surface area contributed by atoms with Gasteiger partial charge in [-0.15, -0.1) is 0 Å². The highest BCUT2D eigenvalue weighted by Gasteiger charge is 2.23. The van der Waals surface area contributed by atoms with Crippen molar-refractivity contribution in [3.63, 3.8) is 0 Å². The molecule has 126 valence electrons. The Hall–Kier alpha value is -2.29. The van der Waals surface area contributed by atoms with E-state index < -0.39 is 0 Å². The second kappa shape index (κ2) is 7.52. The molecule has 2 aromatic carbocycles. The summed E-state index contributed by atoms with van der Waals surface area (Å²) in [7, 11) is 0. The Bertz CT molecular complexity index is 701. The first-order valence-corrected chi connectivity index (χ1v) is 8.97. The zero-order valence-electron chi connectivity index (χ0n) is 14.6. The molecule has 3 nitrogen and oxygen atoms in total. The smallest absolute Gasteiger partial charge is 0.228 e. The van der Waals surface area contributed by atoms with E-state index in [9.17, 15) is 4.79 Å². The van der Waals surface area contributed by atoms with Crippen LogP contribution in [0.5, 0.6) is 0 Å². The molecule has 1 aliphatic rings. The second-order valence-electron chi connectivity index (χ2n) is 6.26. The first kappa shape index (κ1) is 16.6. The monoisotopic (exact) mass is 322 g/mol. The summed E-state index contributed by atoms with van der Waals surface area (Å²) < 4.78 is 0. The molecule has 1 aliphatic heterocycles. The van der Waals surface area contributed by atoms with Gasteiger partial charge in [0.1, 0.15) is 0 Å². The van der Waals surface area contributed by atoms with Crippen LogP contribution in [0.15, 0.2) is 42.5 Å². The lowest BCUT2D eigenvalue weighted by atomic mass is 10.0. The van der Waals surface area contributed by atoms with Crippen LogP contribution in [0.25, 0.3) is 0 Å². The fraction of sp³-hybridized carbons (Fsp3) is 0.381. The van der Waals surface area contributed by atoms with Gasteiger partial charge < -0.3 is 10.2 Å². The summed E-state index contributed by atoms with van der Waals surface area (Å²) in [5.41, 5.74) is 6.24. The van der Waals surface area contributed by atoms with Crippen molar-refractivity contribution in [3.8, 4) is 0 Å². The summed E-state index contributed by atoms with van der Waals surface area (Å²) in [4.78, 5) is 14.5. The van der Waals surface area contributed by atoms with E-state index in [-0.39, 0.29) is 5.91 Å². The minimum absolute atomic E-state index is 0.208. The molecule has 1 heterocycles. The molecule has 0 radical (unpaired) electrons. The third kappa shape index (κ3) is 3.30. The lowest BCUT2D eigenvalue weighted by molar-refractivity contribution is -0.118. The van der Waals surface area contributed by atoms with Gasteiger partial charge in [-0.25, -0.2) is 0 Å². The van der Waals surface area contributed by atoms with Crippen LogP contribution in [-0.4, -0.2) is 19.0 Å². The number of rotatable bonds is 6. The van der Waals surface area contributed by atoms with Gasteiger partial charge in [-0.2, -0.15) is 0 Å². The number of benzene rings is 2. The van der Waals surface area contributed by atoms with E-state index in [4.69, 9.17) is 0 Å². The number of carbonyl (C=O) groups excluding carboxylic acids is 1. The van der Waals surface area contributed by atoms with Gasteiger partial charge >= 0.3 is 0 Å². The van der Waals surface area contributed by atoms with Gasteiger partial charge in [0.15, 0.2) is 0 Å². The third-order valence-electron chi connectivity index (χ3n) is 4.83. The summed E-state index contributed by atoms with van der Waals surface area (Å²) in [6.45, 7) is 5.84. The van der Waals surface area contributed by atoms with E-state index >= 15 is 0 Å². The Balaban J connectivity index is 1.63. The van der Waals surface area contributed by atoms with E-state index in [1.165, 1.54) is 22.4 Å². The van der Waals surface area contributed by atoms with Gasteiger partial charge in [0.2, 0.25) is 5.91 Å². The first-order chi connectivity index (χ1) is 11.7. The normalized spacial score (nSPS) is 13.0. The quantitative estimate of drug-likeness (QED) is 0.864. The number of fused-ring (bicyclic) bond motifs is 1. The Labute approximate surface area is 144 Å². The number of hydrogen-bond acceptors (Lipinski definition) is 2. The fourth-order valence-corrected chi connectivity index (χ4v) is 3.50. The van der Waals surface area contributed by atoms with E-state index in [0.717, 1.165) is 31.5 Å². The maximum absolute atomic E-state index is 12.6. The molecule has 0 fully saturated rings. The molecular formula is C21H26N2O. The molecule has 1 amide bonds. The molecule has 0 saturated carbocycles. The molecule has 3 heteroatoms. The average molecular weight is 322 g/mol. The molecule has 0 atom stereocenters. The van der Waals surface area contributed by atoms with Crippen LogP contribution in [0.1, 0.15) is 37.0 Å². The Kier molecular flexibility index (Phi) is 5.19. The van der Waals surface area contributed by atoms with Crippen molar-refractivity contribution in [3.05, 3.63) is 59.2 Å². The molecule has 0 aliphatic carbocycles. The van der Waals surface area contributed by atoms with Crippen molar-refractivity contribution < 1.29 is 4.79 Å². The average Bonchev–Trinajstić information content (AvgIpc) is 3.05. The summed E-state index contributed by atoms with van der Waals surface area (Å²) in [6, 6.07) is 14.7. The molecule has 0 bridgehead atoms. The van der Waals surface area contributed by atoms with E-state index in [1.807, 2.05) is 17.0 Å². The van der Waals surface area contributed by atoms with Crippen LogP contribution < -0.4 is 10.2 Å². The molecule has 0 unspecified atom stereocenters. The molecule has 0 spiro atoms. The van der Waals surface area contributed by atoms with Crippen LogP contribution in [0, 0.1) is 0 Å².